The van der Waals surface area contributed by atoms with Gasteiger partial charge in [0.25, 0.3) is 0 Å². The molecular formula is C17H20ClNO3. The zero-order valence-corrected chi connectivity index (χ0v) is 13.1. The van der Waals surface area contributed by atoms with Crippen molar-refractivity contribution >= 4 is 23.5 Å². The molecule has 2 fully saturated rings. The van der Waals surface area contributed by atoms with Gasteiger partial charge in [-0.05, 0) is 36.5 Å². The van der Waals surface area contributed by atoms with Gasteiger partial charge in [0.2, 0.25) is 5.91 Å². The Labute approximate surface area is 135 Å². The molecule has 1 heterocycles. The average Bonchev–Trinajstić information content (AvgIpc) is 2.89. The molecule has 5 heteroatoms. The molecule has 1 saturated carbocycles. The molecule has 0 spiro atoms. The summed E-state index contributed by atoms with van der Waals surface area (Å²) in [5, 5.41) is 10.1. The van der Waals surface area contributed by atoms with E-state index >= 15 is 0 Å². The van der Waals surface area contributed by atoms with E-state index in [1.807, 2.05) is 12.1 Å². The van der Waals surface area contributed by atoms with E-state index in [1.165, 1.54) is 6.42 Å². The molecule has 0 unspecified atom stereocenters. The number of hydrogen-bond acceptors (Lipinski definition) is 2. The van der Waals surface area contributed by atoms with Gasteiger partial charge in [-0.1, -0.05) is 30.2 Å². The van der Waals surface area contributed by atoms with Gasteiger partial charge in [-0.2, -0.15) is 0 Å². The van der Waals surface area contributed by atoms with E-state index in [0.717, 1.165) is 18.4 Å². The first-order valence-electron chi connectivity index (χ1n) is 7.80. The number of amides is 1. The summed E-state index contributed by atoms with van der Waals surface area (Å²) in [5.74, 6) is -0.914. The van der Waals surface area contributed by atoms with Crippen molar-refractivity contribution in [2.24, 2.45) is 11.8 Å². The van der Waals surface area contributed by atoms with Gasteiger partial charge < -0.3 is 10.0 Å². The highest BCUT2D eigenvalue weighted by molar-refractivity contribution is 6.30. The van der Waals surface area contributed by atoms with Crippen LogP contribution in [0, 0.1) is 11.8 Å². The second-order valence-corrected chi connectivity index (χ2v) is 6.84. The zero-order valence-electron chi connectivity index (χ0n) is 12.4. The van der Waals surface area contributed by atoms with Gasteiger partial charge in [0.05, 0.1) is 5.92 Å². The lowest BCUT2D eigenvalue weighted by atomic mass is 9.83. The number of carboxylic acid groups (broad SMARTS) is 1. The summed E-state index contributed by atoms with van der Waals surface area (Å²) >= 11 is 5.90. The predicted octanol–water partition coefficient (Wildman–Crippen LogP) is 3.16. The summed E-state index contributed by atoms with van der Waals surface area (Å²) in [4.78, 5) is 25.6. The average molecular weight is 322 g/mol. The van der Waals surface area contributed by atoms with Crippen LogP contribution in [0.3, 0.4) is 0 Å². The molecule has 0 radical (unpaired) electrons. The van der Waals surface area contributed by atoms with Gasteiger partial charge in [0.1, 0.15) is 0 Å². The normalized spacial score (nSPS) is 25.0. The molecule has 1 aromatic carbocycles. The monoisotopic (exact) mass is 321 g/mol. The molecule has 3 rings (SSSR count). The number of carboxylic acids is 1. The maximum Gasteiger partial charge on any atom is 0.308 e. The van der Waals surface area contributed by atoms with Crippen LogP contribution in [-0.4, -0.2) is 35.0 Å². The number of likely N-dealkylation sites (tertiary alicyclic amines) is 1. The van der Waals surface area contributed by atoms with Gasteiger partial charge in [-0.25, -0.2) is 0 Å². The summed E-state index contributed by atoms with van der Waals surface area (Å²) in [7, 11) is 0. The van der Waals surface area contributed by atoms with E-state index in [4.69, 9.17) is 11.6 Å². The smallest absolute Gasteiger partial charge is 0.308 e. The van der Waals surface area contributed by atoms with Crippen molar-refractivity contribution < 1.29 is 14.7 Å². The fourth-order valence-corrected chi connectivity index (χ4v) is 3.50. The molecule has 1 aromatic rings. The molecule has 0 aromatic heterocycles. The highest BCUT2D eigenvalue weighted by Gasteiger charge is 2.40. The molecule has 2 aliphatic rings. The highest BCUT2D eigenvalue weighted by atomic mass is 35.5. The first-order chi connectivity index (χ1) is 10.5. The topological polar surface area (TPSA) is 57.6 Å². The third kappa shape index (κ3) is 3.12. The Bertz CT molecular complexity index is 568. The van der Waals surface area contributed by atoms with Crippen LogP contribution in [0.1, 0.15) is 37.2 Å². The van der Waals surface area contributed by atoms with Crippen LogP contribution in [0.4, 0.5) is 0 Å². The second-order valence-electron chi connectivity index (χ2n) is 6.40. The van der Waals surface area contributed by atoms with Crippen molar-refractivity contribution in [2.75, 3.05) is 13.1 Å². The molecule has 1 amide bonds. The Morgan fingerprint density at radius 2 is 1.86 bits per heavy atom. The number of carbonyl (C=O) groups excluding carboxylic acids is 1. The lowest BCUT2D eigenvalue weighted by Gasteiger charge is -2.27. The van der Waals surface area contributed by atoms with Crippen LogP contribution in [0.15, 0.2) is 24.3 Å². The van der Waals surface area contributed by atoms with Gasteiger partial charge in [0, 0.05) is 30.5 Å². The number of halogens is 1. The summed E-state index contributed by atoms with van der Waals surface area (Å²) in [6, 6.07) is 7.27. The predicted molar refractivity (Wildman–Crippen MR) is 83.9 cm³/mol. The first kappa shape index (κ1) is 15.3. The maximum absolute atomic E-state index is 12.4. The molecule has 1 aliphatic carbocycles. The second kappa shape index (κ2) is 6.29. The molecule has 118 valence electrons. The minimum absolute atomic E-state index is 0.104. The first-order valence-corrected chi connectivity index (χ1v) is 8.18. The van der Waals surface area contributed by atoms with Crippen LogP contribution < -0.4 is 0 Å². The van der Waals surface area contributed by atoms with Crippen molar-refractivity contribution in [1.82, 2.24) is 4.90 Å². The number of nitrogens with zero attached hydrogens (tertiary/aromatic N) is 1. The fraction of sp³-hybridized carbons (Fsp3) is 0.529. The van der Waals surface area contributed by atoms with Crippen molar-refractivity contribution in [3.05, 3.63) is 34.9 Å². The number of benzene rings is 1. The minimum atomic E-state index is -0.834. The molecular weight excluding hydrogens is 302 g/mol. The van der Waals surface area contributed by atoms with Crippen molar-refractivity contribution in [2.45, 2.75) is 31.6 Å². The summed E-state index contributed by atoms with van der Waals surface area (Å²) in [6.45, 7) is 0.804. The van der Waals surface area contributed by atoms with Gasteiger partial charge in [-0.15, -0.1) is 0 Å². The Hall–Kier alpha value is -1.55. The maximum atomic E-state index is 12.4. The number of carbonyl (C=O) groups is 2. The van der Waals surface area contributed by atoms with Gasteiger partial charge >= 0.3 is 5.97 Å². The van der Waals surface area contributed by atoms with Crippen LogP contribution in [0.2, 0.25) is 5.02 Å². The quantitative estimate of drug-likeness (QED) is 0.926. The molecule has 2 atom stereocenters. The van der Waals surface area contributed by atoms with Gasteiger partial charge in [0.15, 0.2) is 0 Å². The third-order valence-corrected chi connectivity index (χ3v) is 5.23. The molecule has 22 heavy (non-hydrogen) atoms. The lowest BCUT2D eigenvalue weighted by molar-refractivity contribution is -0.141. The number of aliphatic carboxylic acids is 1. The van der Waals surface area contributed by atoms with Crippen molar-refractivity contribution in [1.29, 1.82) is 0 Å². The van der Waals surface area contributed by atoms with Crippen LogP contribution >= 0.6 is 11.6 Å². The van der Waals surface area contributed by atoms with E-state index in [2.05, 4.69) is 0 Å². The number of hydrogen-bond donors (Lipinski definition) is 1. The molecule has 1 aliphatic heterocycles. The van der Waals surface area contributed by atoms with E-state index in [0.29, 0.717) is 30.5 Å². The van der Waals surface area contributed by atoms with E-state index in [9.17, 15) is 14.7 Å². The van der Waals surface area contributed by atoms with Crippen molar-refractivity contribution in [3.63, 3.8) is 0 Å². The summed E-state index contributed by atoms with van der Waals surface area (Å²) < 4.78 is 0. The third-order valence-electron chi connectivity index (χ3n) is 4.98. The summed E-state index contributed by atoms with van der Waals surface area (Å²) in [5.41, 5.74) is 0.941. The SMILES string of the molecule is O=C(O)[C@@H]1CN(C(=O)CC2CCC2)C[C@H]1c1ccc(Cl)cc1. The van der Waals surface area contributed by atoms with E-state index in [1.54, 1.807) is 17.0 Å². The van der Waals surface area contributed by atoms with Gasteiger partial charge in [-0.3, -0.25) is 9.59 Å². The largest absolute Gasteiger partial charge is 0.481 e. The molecule has 0 bridgehead atoms. The lowest BCUT2D eigenvalue weighted by Crippen LogP contribution is -2.32. The zero-order chi connectivity index (χ0) is 15.7. The van der Waals surface area contributed by atoms with Crippen LogP contribution in [-0.2, 0) is 9.59 Å². The molecule has 1 N–H and O–H groups in total. The Kier molecular flexibility index (Phi) is 4.39. The van der Waals surface area contributed by atoms with Crippen LogP contribution in [0.25, 0.3) is 0 Å². The minimum Gasteiger partial charge on any atom is -0.481 e. The molecule has 4 nitrogen and oxygen atoms in total. The molecule has 1 saturated heterocycles. The highest BCUT2D eigenvalue weighted by Crippen LogP contribution is 2.35. The van der Waals surface area contributed by atoms with Crippen LogP contribution in [0.5, 0.6) is 0 Å². The van der Waals surface area contributed by atoms with E-state index in [-0.39, 0.29) is 11.8 Å². The standard InChI is InChI=1S/C17H20ClNO3/c18-13-6-4-12(5-7-13)14-9-19(10-15(14)17(21)22)16(20)8-11-2-1-3-11/h4-7,11,14-15H,1-3,8-10H2,(H,21,22)/t14-,15+/m0/s1. The van der Waals surface area contributed by atoms with Crippen molar-refractivity contribution in [3.8, 4) is 0 Å². The fourth-order valence-electron chi connectivity index (χ4n) is 3.38. The number of rotatable bonds is 4. The Balaban J connectivity index is 1.72. The Morgan fingerprint density at radius 1 is 1.18 bits per heavy atom. The Morgan fingerprint density at radius 3 is 2.41 bits per heavy atom. The summed E-state index contributed by atoms with van der Waals surface area (Å²) in [6.07, 6.45) is 4.04. The van der Waals surface area contributed by atoms with E-state index < -0.39 is 11.9 Å².